The van der Waals surface area contributed by atoms with Gasteiger partial charge in [0.25, 0.3) is 11.3 Å². The van der Waals surface area contributed by atoms with E-state index in [1.807, 2.05) is 13.8 Å². The molecule has 0 aliphatic carbocycles. The van der Waals surface area contributed by atoms with Crippen LogP contribution in [0.3, 0.4) is 0 Å². The lowest BCUT2D eigenvalue weighted by Crippen LogP contribution is -2.21. The highest BCUT2D eigenvalue weighted by molar-refractivity contribution is 5.49. The normalized spacial score (nSPS) is 11.3. The molecule has 0 fully saturated rings. The van der Waals surface area contributed by atoms with Gasteiger partial charge in [-0.2, -0.15) is 9.50 Å². The van der Waals surface area contributed by atoms with Gasteiger partial charge in [0.1, 0.15) is 0 Å². The van der Waals surface area contributed by atoms with Crippen molar-refractivity contribution in [1.29, 1.82) is 0 Å². The SMILES string of the molecule is CCCc1c(C)nc2nc(-c3ccco3)[nH]n2c1=O. The number of nitrogens with one attached hydrogen (secondary N) is 1. The molecule has 6 heteroatoms. The van der Waals surface area contributed by atoms with Crippen molar-refractivity contribution in [3.63, 3.8) is 0 Å². The first-order valence-corrected chi connectivity index (χ1v) is 6.23. The Balaban J connectivity index is 2.24. The van der Waals surface area contributed by atoms with Gasteiger partial charge in [0.2, 0.25) is 0 Å². The summed E-state index contributed by atoms with van der Waals surface area (Å²) < 4.78 is 6.63. The van der Waals surface area contributed by atoms with Gasteiger partial charge in [-0.25, -0.2) is 4.98 Å². The fourth-order valence-corrected chi connectivity index (χ4v) is 2.12. The second-order valence-electron chi connectivity index (χ2n) is 4.42. The number of rotatable bonds is 3. The lowest BCUT2D eigenvalue weighted by molar-refractivity contribution is 0.577. The molecule has 0 unspecified atom stereocenters. The zero-order valence-corrected chi connectivity index (χ0v) is 10.8. The van der Waals surface area contributed by atoms with Crippen molar-refractivity contribution in [3.8, 4) is 11.6 Å². The summed E-state index contributed by atoms with van der Waals surface area (Å²) in [5, 5.41) is 2.93. The van der Waals surface area contributed by atoms with E-state index in [1.54, 1.807) is 18.4 Å². The molecule has 3 rings (SSSR count). The van der Waals surface area contributed by atoms with Crippen LogP contribution in [0.5, 0.6) is 0 Å². The van der Waals surface area contributed by atoms with Crippen molar-refractivity contribution in [2.75, 3.05) is 0 Å². The van der Waals surface area contributed by atoms with Crippen molar-refractivity contribution < 1.29 is 4.42 Å². The number of aryl methyl sites for hydroxylation is 1. The first kappa shape index (κ1) is 11.7. The molecule has 0 aliphatic rings. The first-order chi connectivity index (χ1) is 9.20. The van der Waals surface area contributed by atoms with Gasteiger partial charge in [-0.3, -0.25) is 9.89 Å². The van der Waals surface area contributed by atoms with Gasteiger partial charge in [0.05, 0.1) is 12.0 Å². The fourth-order valence-electron chi connectivity index (χ4n) is 2.12. The highest BCUT2D eigenvalue weighted by Crippen LogP contribution is 2.15. The third kappa shape index (κ3) is 1.85. The van der Waals surface area contributed by atoms with E-state index in [4.69, 9.17) is 4.42 Å². The number of fused-ring (bicyclic) bond motifs is 1. The molecule has 19 heavy (non-hydrogen) atoms. The summed E-state index contributed by atoms with van der Waals surface area (Å²) in [7, 11) is 0. The van der Waals surface area contributed by atoms with Crippen molar-refractivity contribution in [2.24, 2.45) is 0 Å². The summed E-state index contributed by atoms with van der Waals surface area (Å²) in [6.45, 7) is 3.88. The van der Waals surface area contributed by atoms with E-state index in [0.717, 1.165) is 24.1 Å². The minimum absolute atomic E-state index is 0.0883. The largest absolute Gasteiger partial charge is 0.461 e. The maximum atomic E-state index is 12.3. The van der Waals surface area contributed by atoms with Gasteiger partial charge in [-0.05, 0) is 25.5 Å². The number of furan rings is 1. The molecule has 3 aromatic rings. The van der Waals surface area contributed by atoms with E-state index in [9.17, 15) is 4.79 Å². The summed E-state index contributed by atoms with van der Waals surface area (Å²) in [6, 6.07) is 3.55. The zero-order chi connectivity index (χ0) is 13.4. The molecule has 6 nitrogen and oxygen atoms in total. The molecule has 98 valence electrons. The average Bonchev–Trinajstić information content (AvgIpc) is 3.02. The van der Waals surface area contributed by atoms with E-state index < -0.39 is 0 Å². The first-order valence-electron chi connectivity index (χ1n) is 6.23. The van der Waals surface area contributed by atoms with E-state index in [0.29, 0.717) is 17.4 Å². The highest BCUT2D eigenvalue weighted by Gasteiger charge is 2.14. The van der Waals surface area contributed by atoms with Gasteiger partial charge >= 0.3 is 0 Å². The van der Waals surface area contributed by atoms with Crippen molar-refractivity contribution in [3.05, 3.63) is 40.0 Å². The third-order valence-electron chi connectivity index (χ3n) is 3.05. The van der Waals surface area contributed by atoms with Crippen LogP contribution < -0.4 is 5.56 Å². The molecule has 0 atom stereocenters. The summed E-state index contributed by atoms with van der Waals surface area (Å²) in [4.78, 5) is 21.0. The predicted molar refractivity (Wildman–Crippen MR) is 70.0 cm³/mol. The predicted octanol–water partition coefficient (Wildman–Crippen LogP) is 1.94. The molecule has 0 spiro atoms. The quantitative estimate of drug-likeness (QED) is 0.778. The van der Waals surface area contributed by atoms with Crippen molar-refractivity contribution >= 4 is 5.78 Å². The molecule has 3 heterocycles. The molecule has 1 N–H and O–H groups in total. The van der Waals surface area contributed by atoms with Crippen LogP contribution in [0.25, 0.3) is 17.4 Å². The number of aromatic amines is 1. The number of hydrogen-bond acceptors (Lipinski definition) is 4. The lowest BCUT2D eigenvalue weighted by atomic mass is 10.1. The molecule has 0 aromatic carbocycles. The second-order valence-corrected chi connectivity index (χ2v) is 4.42. The van der Waals surface area contributed by atoms with Crippen LogP contribution in [0.4, 0.5) is 0 Å². The van der Waals surface area contributed by atoms with Gasteiger partial charge in [0, 0.05) is 5.56 Å². The van der Waals surface area contributed by atoms with Crippen molar-refractivity contribution in [2.45, 2.75) is 26.7 Å². The van der Waals surface area contributed by atoms with E-state index in [-0.39, 0.29) is 5.56 Å². The Hall–Kier alpha value is -2.37. The molecule has 0 amide bonds. The maximum Gasteiger partial charge on any atom is 0.277 e. The molecular formula is C13H14N4O2. The van der Waals surface area contributed by atoms with Gasteiger partial charge < -0.3 is 4.42 Å². The number of nitrogens with zero attached hydrogens (tertiary/aromatic N) is 3. The Bertz CT molecular complexity index is 768. The summed E-state index contributed by atoms with van der Waals surface area (Å²) >= 11 is 0. The Morgan fingerprint density at radius 2 is 2.26 bits per heavy atom. The third-order valence-corrected chi connectivity index (χ3v) is 3.05. The van der Waals surface area contributed by atoms with Crippen LogP contribution in [-0.2, 0) is 6.42 Å². The number of H-pyrrole nitrogens is 1. The van der Waals surface area contributed by atoms with Crippen LogP contribution in [-0.4, -0.2) is 19.6 Å². The minimum atomic E-state index is -0.0883. The summed E-state index contributed by atoms with van der Waals surface area (Å²) in [5.74, 6) is 1.45. The lowest BCUT2D eigenvalue weighted by Gasteiger charge is -2.01. The topological polar surface area (TPSA) is 76.2 Å². The van der Waals surface area contributed by atoms with E-state index in [2.05, 4.69) is 15.1 Å². The van der Waals surface area contributed by atoms with E-state index in [1.165, 1.54) is 4.52 Å². The molecule has 0 bridgehead atoms. The van der Waals surface area contributed by atoms with Gasteiger partial charge in [-0.1, -0.05) is 13.3 Å². The average molecular weight is 258 g/mol. The Morgan fingerprint density at radius 3 is 2.95 bits per heavy atom. The number of aromatic nitrogens is 4. The monoisotopic (exact) mass is 258 g/mol. The number of hydrogen-bond donors (Lipinski definition) is 1. The Morgan fingerprint density at radius 1 is 1.42 bits per heavy atom. The van der Waals surface area contributed by atoms with Crippen LogP contribution in [0, 0.1) is 6.92 Å². The van der Waals surface area contributed by atoms with Crippen LogP contribution in [0.1, 0.15) is 24.6 Å². The molecule has 3 aromatic heterocycles. The Kier molecular flexibility index (Phi) is 2.70. The standard InChI is InChI=1S/C13H14N4O2/c1-3-5-9-8(2)14-13-15-11(10-6-4-7-19-10)16-17(13)12(9)18/h4,6-7H,3,5H2,1-2H3,(H,14,15,16). The maximum absolute atomic E-state index is 12.3. The fraction of sp³-hybridized carbons (Fsp3) is 0.308. The van der Waals surface area contributed by atoms with Crippen molar-refractivity contribution in [1.82, 2.24) is 19.6 Å². The zero-order valence-electron chi connectivity index (χ0n) is 10.8. The highest BCUT2D eigenvalue weighted by atomic mass is 16.3. The molecule has 0 aliphatic heterocycles. The summed E-state index contributed by atoms with van der Waals surface area (Å²) in [5.41, 5.74) is 1.38. The minimum Gasteiger partial charge on any atom is -0.461 e. The molecule has 0 saturated carbocycles. The van der Waals surface area contributed by atoms with Gasteiger partial charge in [0.15, 0.2) is 11.6 Å². The Labute approximate surface area is 109 Å². The van der Waals surface area contributed by atoms with E-state index >= 15 is 0 Å². The second kappa shape index (κ2) is 4.38. The van der Waals surface area contributed by atoms with Crippen LogP contribution in [0.15, 0.2) is 27.6 Å². The van der Waals surface area contributed by atoms with Crippen LogP contribution in [0.2, 0.25) is 0 Å². The molecule has 0 saturated heterocycles. The smallest absolute Gasteiger partial charge is 0.277 e. The molecule has 0 radical (unpaired) electrons. The summed E-state index contributed by atoms with van der Waals surface area (Å²) in [6.07, 6.45) is 3.19. The van der Waals surface area contributed by atoms with Gasteiger partial charge in [-0.15, -0.1) is 0 Å². The molecular weight excluding hydrogens is 244 g/mol. The van der Waals surface area contributed by atoms with Crippen LogP contribution >= 0.6 is 0 Å².